The smallest absolute Gasteiger partial charge is 0.320 e. The van der Waals surface area contributed by atoms with Gasteiger partial charge in [0.05, 0.1) is 12.0 Å². The number of nitrogens with two attached hydrogens (primary N) is 1. The van der Waals surface area contributed by atoms with Crippen molar-refractivity contribution in [3.8, 4) is 0 Å². The van der Waals surface area contributed by atoms with Gasteiger partial charge in [0.25, 0.3) is 5.92 Å². The minimum absolute atomic E-state index is 0.862. The van der Waals surface area contributed by atoms with E-state index >= 15 is 0 Å². The van der Waals surface area contributed by atoms with Gasteiger partial charge in [-0.1, -0.05) is 0 Å². The molecule has 0 aliphatic heterocycles. The normalized spacial score (nSPS) is 35.5. The molecule has 0 spiro atoms. The number of alkyl halides is 5. The summed E-state index contributed by atoms with van der Waals surface area (Å²) >= 11 is 0. The molecule has 0 aromatic carbocycles. The molecule has 0 bridgehead atoms. The van der Waals surface area contributed by atoms with Crippen molar-refractivity contribution in [1.29, 1.82) is 0 Å². The third-order valence-corrected chi connectivity index (χ3v) is 1.66. The van der Waals surface area contributed by atoms with Crippen LogP contribution < -0.4 is 5.73 Å². The highest BCUT2D eigenvalue weighted by molar-refractivity contribution is 5.16. The van der Waals surface area contributed by atoms with E-state index in [-0.39, 0.29) is 0 Å². The summed E-state index contributed by atoms with van der Waals surface area (Å²) in [6.07, 6.45) is -7.07. The van der Waals surface area contributed by atoms with Crippen LogP contribution in [0.4, 0.5) is 22.0 Å². The first kappa shape index (κ1) is 8.70. The molecule has 0 aromatic rings. The zero-order chi connectivity index (χ0) is 8.91. The minimum atomic E-state index is -4.60. The zero-order valence-electron chi connectivity index (χ0n) is 5.38. The first-order chi connectivity index (χ1) is 4.66. The van der Waals surface area contributed by atoms with Crippen molar-refractivity contribution < 1.29 is 22.0 Å². The van der Waals surface area contributed by atoms with Crippen LogP contribution in [-0.2, 0) is 0 Å². The maximum absolute atomic E-state index is 12.1. The van der Waals surface area contributed by atoms with Crippen LogP contribution in [0.2, 0.25) is 0 Å². The Balaban J connectivity index is 2.54. The first-order valence-corrected chi connectivity index (χ1v) is 2.90. The molecule has 0 radical (unpaired) electrons. The molecule has 66 valence electrons. The van der Waals surface area contributed by atoms with E-state index in [1.807, 2.05) is 0 Å². The second kappa shape index (κ2) is 1.85. The number of hydrogen-bond acceptors (Lipinski definition) is 1. The third-order valence-electron chi connectivity index (χ3n) is 1.66. The maximum Gasteiger partial charge on any atom is 0.391 e. The Bertz CT molecular complexity index is 174. The van der Waals surface area contributed by atoms with Gasteiger partial charge >= 0.3 is 6.18 Å². The summed E-state index contributed by atoms with van der Waals surface area (Å²) in [6, 6.07) is 0. The van der Waals surface area contributed by atoms with Gasteiger partial charge < -0.3 is 5.73 Å². The molecular formula is C5H6F5N. The molecule has 2 N–H and O–H groups in total. The van der Waals surface area contributed by atoms with Gasteiger partial charge in [-0.15, -0.1) is 0 Å². The second-order valence-electron chi connectivity index (χ2n) is 2.83. The number of hydrogen-bond donors (Lipinski definition) is 1. The molecular weight excluding hydrogens is 169 g/mol. The van der Waals surface area contributed by atoms with Gasteiger partial charge in [0, 0.05) is 6.42 Å². The lowest BCUT2D eigenvalue weighted by Gasteiger charge is -2.12. The Morgan fingerprint density at radius 3 is 1.73 bits per heavy atom. The molecule has 1 aliphatic rings. The predicted molar refractivity (Wildman–Crippen MR) is 27.2 cm³/mol. The van der Waals surface area contributed by atoms with E-state index in [4.69, 9.17) is 5.73 Å². The van der Waals surface area contributed by atoms with E-state index in [2.05, 4.69) is 0 Å². The molecule has 1 rings (SSSR count). The lowest BCUT2D eigenvalue weighted by Crippen LogP contribution is -2.35. The second-order valence-corrected chi connectivity index (χ2v) is 2.83. The highest BCUT2D eigenvalue weighted by Gasteiger charge is 2.71. The molecule has 0 saturated heterocycles. The largest absolute Gasteiger partial charge is 0.391 e. The standard InChI is InChI=1S/C5H6F5N/c6-4(7)1-3(4,11)2-5(8,9)10/h1-2,11H2. The SMILES string of the molecule is NC1(CC(F)(F)F)CC1(F)F. The summed E-state index contributed by atoms with van der Waals surface area (Å²) in [7, 11) is 0. The highest BCUT2D eigenvalue weighted by atomic mass is 19.4. The molecule has 1 saturated carbocycles. The topological polar surface area (TPSA) is 26.0 Å². The predicted octanol–water partition coefficient (Wildman–Crippen LogP) is 1.68. The van der Waals surface area contributed by atoms with Crippen LogP contribution >= 0.6 is 0 Å². The van der Waals surface area contributed by atoms with Gasteiger partial charge in [-0.2, -0.15) is 13.2 Å². The average molecular weight is 175 g/mol. The van der Waals surface area contributed by atoms with Gasteiger partial charge in [-0.05, 0) is 0 Å². The molecule has 1 aliphatic carbocycles. The molecule has 1 fully saturated rings. The van der Waals surface area contributed by atoms with Gasteiger partial charge in [0.2, 0.25) is 0 Å². The van der Waals surface area contributed by atoms with Gasteiger partial charge in [0.1, 0.15) is 0 Å². The van der Waals surface area contributed by atoms with Crippen molar-refractivity contribution in [2.45, 2.75) is 30.5 Å². The van der Waals surface area contributed by atoms with Crippen molar-refractivity contribution in [2.24, 2.45) is 5.73 Å². The molecule has 0 amide bonds. The highest BCUT2D eigenvalue weighted by Crippen LogP contribution is 2.55. The van der Waals surface area contributed by atoms with Gasteiger partial charge in [-0.3, -0.25) is 0 Å². The minimum Gasteiger partial charge on any atom is -0.320 e. The van der Waals surface area contributed by atoms with Crippen LogP contribution in [0.3, 0.4) is 0 Å². The Morgan fingerprint density at radius 1 is 1.27 bits per heavy atom. The quantitative estimate of drug-likeness (QED) is 0.603. The molecule has 1 nitrogen and oxygen atoms in total. The average Bonchev–Trinajstić information content (AvgIpc) is 1.96. The molecule has 11 heavy (non-hydrogen) atoms. The Kier molecular flexibility index (Phi) is 1.47. The van der Waals surface area contributed by atoms with Crippen LogP contribution in [0.1, 0.15) is 12.8 Å². The Hall–Kier alpha value is -0.390. The van der Waals surface area contributed by atoms with E-state index in [1.54, 1.807) is 0 Å². The summed E-state index contributed by atoms with van der Waals surface area (Å²) in [5, 5.41) is 0. The summed E-state index contributed by atoms with van der Waals surface area (Å²) in [5.41, 5.74) is 2.41. The van der Waals surface area contributed by atoms with E-state index in [9.17, 15) is 22.0 Å². The lowest BCUT2D eigenvalue weighted by molar-refractivity contribution is -0.146. The number of rotatable bonds is 1. The summed E-state index contributed by atoms with van der Waals surface area (Å²) < 4.78 is 58.7. The van der Waals surface area contributed by atoms with Crippen molar-refractivity contribution in [3.63, 3.8) is 0 Å². The van der Waals surface area contributed by atoms with E-state index in [0.717, 1.165) is 0 Å². The van der Waals surface area contributed by atoms with Crippen LogP contribution in [0.25, 0.3) is 0 Å². The van der Waals surface area contributed by atoms with E-state index in [0.29, 0.717) is 0 Å². The van der Waals surface area contributed by atoms with E-state index in [1.165, 1.54) is 0 Å². The fourth-order valence-corrected chi connectivity index (χ4v) is 0.901. The van der Waals surface area contributed by atoms with Crippen molar-refractivity contribution in [2.75, 3.05) is 0 Å². The molecule has 0 heterocycles. The van der Waals surface area contributed by atoms with Gasteiger partial charge in [0.15, 0.2) is 0 Å². The molecule has 1 atom stereocenters. The Labute approximate surface area is 59.4 Å². The monoisotopic (exact) mass is 175 g/mol. The molecule has 0 aromatic heterocycles. The van der Waals surface area contributed by atoms with Crippen LogP contribution in [0, 0.1) is 0 Å². The fraction of sp³-hybridized carbons (Fsp3) is 1.00. The summed E-state index contributed by atoms with van der Waals surface area (Å²) in [5.74, 6) is -3.33. The van der Waals surface area contributed by atoms with Gasteiger partial charge in [-0.25, -0.2) is 8.78 Å². The van der Waals surface area contributed by atoms with Crippen LogP contribution in [0.15, 0.2) is 0 Å². The molecule has 1 unspecified atom stereocenters. The fourth-order valence-electron chi connectivity index (χ4n) is 0.901. The number of halogens is 5. The van der Waals surface area contributed by atoms with E-state index < -0.39 is 30.5 Å². The van der Waals surface area contributed by atoms with Crippen molar-refractivity contribution in [3.05, 3.63) is 0 Å². The summed E-state index contributed by atoms with van der Waals surface area (Å²) in [4.78, 5) is 0. The maximum atomic E-state index is 12.1. The van der Waals surface area contributed by atoms with Crippen molar-refractivity contribution >= 4 is 0 Å². The Morgan fingerprint density at radius 2 is 1.64 bits per heavy atom. The van der Waals surface area contributed by atoms with Crippen LogP contribution in [0.5, 0.6) is 0 Å². The zero-order valence-corrected chi connectivity index (χ0v) is 5.38. The van der Waals surface area contributed by atoms with Crippen LogP contribution in [-0.4, -0.2) is 17.6 Å². The first-order valence-electron chi connectivity index (χ1n) is 2.90. The molecule has 6 heteroatoms. The van der Waals surface area contributed by atoms with Crippen molar-refractivity contribution in [1.82, 2.24) is 0 Å². The summed E-state index contributed by atoms with van der Waals surface area (Å²) in [6.45, 7) is 0. The third kappa shape index (κ3) is 1.61. The lowest BCUT2D eigenvalue weighted by atomic mass is 10.2.